The summed E-state index contributed by atoms with van der Waals surface area (Å²) in [4.78, 5) is 42.5. The van der Waals surface area contributed by atoms with Gasteiger partial charge in [0.1, 0.15) is 18.5 Å². The monoisotopic (exact) mass is 740 g/mol. The first-order chi connectivity index (χ1) is 23.8. The highest BCUT2D eigenvalue weighted by atomic mass is 28.4. The van der Waals surface area contributed by atoms with Crippen molar-refractivity contribution in [1.29, 1.82) is 0 Å². The molecule has 2 amide bonds. The van der Waals surface area contributed by atoms with Crippen molar-refractivity contribution in [2.24, 2.45) is 0 Å². The fourth-order valence-corrected chi connectivity index (χ4v) is 13.0. The van der Waals surface area contributed by atoms with Crippen LogP contribution in [-0.2, 0) is 13.9 Å². The topological polar surface area (TPSA) is 113 Å². The molecule has 0 bridgehead atoms. The van der Waals surface area contributed by atoms with Crippen LogP contribution in [0, 0.1) is 0 Å². The van der Waals surface area contributed by atoms with Crippen LogP contribution in [0.4, 0.5) is 10.5 Å². The van der Waals surface area contributed by atoms with E-state index in [9.17, 15) is 14.4 Å². The minimum atomic E-state index is -2.47. The molecule has 12 heteroatoms. The van der Waals surface area contributed by atoms with Gasteiger partial charge < -0.3 is 28.0 Å². The van der Waals surface area contributed by atoms with Crippen LogP contribution in [0.2, 0.25) is 34.8 Å². The molecule has 1 N–H and O–H groups in total. The van der Waals surface area contributed by atoms with E-state index in [-0.39, 0.29) is 58.6 Å². The van der Waals surface area contributed by atoms with Crippen molar-refractivity contribution >= 4 is 40.3 Å². The van der Waals surface area contributed by atoms with Gasteiger partial charge in [0.25, 0.3) is 14.2 Å². The zero-order valence-electron chi connectivity index (χ0n) is 32.8. The Balaban J connectivity index is 2.11. The number of carbonyl (C=O) groups excluding carboxylic acids is 3. The number of benzene rings is 2. The normalized spacial score (nSPS) is 16.7. The molecule has 10 nitrogen and oxygen atoms in total. The molecule has 1 saturated heterocycles. The van der Waals surface area contributed by atoms with Gasteiger partial charge in [0.15, 0.2) is 14.1 Å². The second kappa shape index (κ2) is 17.3. The zero-order valence-corrected chi connectivity index (χ0v) is 34.8. The molecule has 1 aliphatic rings. The van der Waals surface area contributed by atoms with Crippen molar-refractivity contribution in [3.05, 3.63) is 66.2 Å². The fourth-order valence-electron chi connectivity index (χ4n) is 6.74. The highest BCUT2D eigenvalue weighted by Gasteiger charge is 2.48. The molecule has 2 aromatic rings. The predicted molar refractivity (Wildman–Crippen MR) is 208 cm³/mol. The van der Waals surface area contributed by atoms with E-state index in [4.69, 9.17) is 23.1 Å². The van der Waals surface area contributed by atoms with Gasteiger partial charge in [-0.15, -0.1) is 0 Å². The van der Waals surface area contributed by atoms with Crippen molar-refractivity contribution in [2.45, 2.75) is 116 Å². The second-order valence-corrected chi connectivity index (χ2v) is 26.0. The Kier molecular flexibility index (Phi) is 14.2. The van der Waals surface area contributed by atoms with Crippen molar-refractivity contribution in [3.63, 3.8) is 0 Å². The number of likely N-dealkylation sites (tertiary alicyclic amines) is 1. The summed E-state index contributed by atoms with van der Waals surface area (Å²) in [6.45, 7) is 28.0. The molecule has 0 aromatic heterocycles. The smallest absolute Gasteiger partial charge is 0.411 e. The van der Waals surface area contributed by atoms with Crippen molar-refractivity contribution in [1.82, 2.24) is 4.90 Å². The predicted octanol–water partition coefficient (Wildman–Crippen LogP) is 9.45. The molecular formula is C39H60N2O8Si2. The van der Waals surface area contributed by atoms with E-state index >= 15 is 0 Å². The van der Waals surface area contributed by atoms with Crippen LogP contribution < -0.4 is 14.5 Å². The first-order valence-corrected chi connectivity index (χ1v) is 23.0. The summed E-state index contributed by atoms with van der Waals surface area (Å²) in [6.07, 6.45) is 0.556. The van der Waals surface area contributed by atoms with Crippen LogP contribution >= 0.6 is 0 Å². The van der Waals surface area contributed by atoms with Crippen LogP contribution in [0.5, 0.6) is 11.5 Å². The molecule has 0 saturated carbocycles. The Morgan fingerprint density at radius 1 is 0.980 bits per heavy atom. The summed E-state index contributed by atoms with van der Waals surface area (Å²) in [6, 6.07) is 11.7. The average Bonchev–Trinajstić information content (AvgIpc) is 3.46. The maximum atomic E-state index is 14.7. The maximum absolute atomic E-state index is 14.7. The quantitative estimate of drug-likeness (QED) is 0.109. The summed E-state index contributed by atoms with van der Waals surface area (Å²) in [5.74, 6) is -0.00384. The van der Waals surface area contributed by atoms with Crippen LogP contribution in [0.3, 0.4) is 0 Å². The number of amides is 2. The van der Waals surface area contributed by atoms with Crippen molar-refractivity contribution in [2.75, 3.05) is 32.2 Å². The molecule has 0 radical (unpaired) electrons. The number of methoxy groups -OCH3 is 1. The van der Waals surface area contributed by atoms with Gasteiger partial charge >= 0.3 is 12.1 Å². The fraction of sp³-hybridized carbons (Fsp3) is 0.564. The molecule has 0 aliphatic carbocycles. The third-order valence-electron chi connectivity index (χ3n) is 10.5. The molecule has 2 aromatic carbocycles. The Bertz CT molecular complexity index is 1500. The number of carbonyl (C=O) groups is 3. The SMILES string of the molecule is C=CCOC(=O)Nc1cc(O[Si](C(C)C)(C(C)C)C(C)C)c(OC)cc1C(=O)N1C[C@@H](OC(=O)c2ccccc2)C[C@H]1CO[Si](C)(C)C(C)(C)C. The number of rotatable bonds is 15. The van der Waals surface area contributed by atoms with Gasteiger partial charge in [-0.05, 0) is 53.0 Å². The Morgan fingerprint density at radius 3 is 2.12 bits per heavy atom. The number of nitrogens with zero attached hydrogens (tertiary/aromatic N) is 1. The first-order valence-electron chi connectivity index (χ1n) is 18.0. The summed E-state index contributed by atoms with van der Waals surface area (Å²) in [5, 5.41) is 2.74. The van der Waals surface area contributed by atoms with E-state index < -0.39 is 40.8 Å². The Hall–Kier alpha value is -3.62. The van der Waals surface area contributed by atoms with Gasteiger partial charge in [0, 0.05) is 12.5 Å². The Labute approximate surface area is 307 Å². The number of anilines is 1. The van der Waals surface area contributed by atoms with E-state index in [1.54, 1.807) is 41.3 Å². The third kappa shape index (κ3) is 9.84. The maximum Gasteiger partial charge on any atom is 0.411 e. The molecule has 51 heavy (non-hydrogen) atoms. The van der Waals surface area contributed by atoms with Crippen LogP contribution in [-0.4, -0.2) is 78.5 Å². The van der Waals surface area contributed by atoms with Gasteiger partial charge in [0.2, 0.25) is 0 Å². The van der Waals surface area contributed by atoms with Gasteiger partial charge in [-0.3, -0.25) is 10.1 Å². The Morgan fingerprint density at radius 2 is 1.59 bits per heavy atom. The molecule has 282 valence electrons. The lowest BCUT2D eigenvalue weighted by Gasteiger charge is -2.42. The third-order valence-corrected chi connectivity index (χ3v) is 20.9. The lowest BCUT2D eigenvalue weighted by molar-refractivity contribution is 0.0315. The summed E-state index contributed by atoms with van der Waals surface area (Å²) in [5.41, 5.74) is 1.63. The van der Waals surface area contributed by atoms with Gasteiger partial charge in [-0.1, -0.05) is 93.2 Å². The highest BCUT2D eigenvalue weighted by Crippen LogP contribution is 2.46. The largest absolute Gasteiger partial charge is 0.540 e. The van der Waals surface area contributed by atoms with E-state index in [1.165, 1.54) is 13.2 Å². The van der Waals surface area contributed by atoms with Crippen molar-refractivity contribution in [3.8, 4) is 11.5 Å². The molecular weight excluding hydrogens is 681 g/mol. The molecule has 1 heterocycles. The number of ether oxygens (including phenoxy) is 3. The molecule has 3 rings (SSSR count). The lowest BCUT2D eigenvalue weighted by atomic mass is 10.1. The minimum absolute atomic E-state index is 0.00779. The zero-order chi connectivity index (χ0) is 38.3. The summed E-state index contributed by atoms with van der Waals surface area (Å²) < 4.78 is 30.7. The number of hydrogen-bond acceptors (Lipinski definition) is 8. The molecule has 0 spiro atoms. The van der Waals surface area contributed by atoms with Gasteiger partial charge in [-0.25, -0.2) is 9.59 Å². The number of nitrogens with one attached hydrogen (secondary N) is 1. The average molecular weight is 741 g/mol. The van der Waals surface area contributed by atoms with E-state index in [2.05, 4.69) is 87.3 Å². The minimum Gasteiger partial charge on any atom is -0.540 e. The molecule has 1 fully saturated rings. The summed E-state index contributed by atoms with van der Waals surface area (Å²) >= 11 is 0. The highest BCUT2D eigenvalue weighted by molar-refractivity contribution is 6.78. The number of esters is 1. The van der Waals surface area contributed by atoms with Crippen molar-refractivity contribution < 1.29 is 37.4 Å². The molecule has 2 atom stereocenters. The molecule has 0 unspecified atom stereocenters. The van der Waals surface area contributed by atoms with E-state index in [0.29, 0.717) is 23.5 Å². The van der Waals surface area contributed by atoms with Crippen LogP contribution in [0.15, 0.2) is 55.1 Å². The summed E-state index contributed by atoms with van der Waals surface area (Å²) in [7, 11) is -3.14. The van der Waals surface area contributed by atoms with Gasteiger partial charge in [0.05, 0.1) is 43.1 Å². The second-order valence-electron chi connectivity index (χ2n) is 15.8. The molecule has 1 aliphatic heterocycles. The van der Waals surface area contributed by atoms with Crippen LogP contribution in [0.1, 0.15) is 89.5 Å². The standard InChI is InChI=1S/C39H60N2O8Si2/c1-14-20-46-38(44)40-33-23-35(49-51(26(2)3,27(4)5)28(6)7)34(45-11)22-32(33)36(42)41-24-31(48-37(43)29-18-16-15-17-19-29)21-30(41)25-47-50(12,13)39(8,9)10/h14-19,22-23,26-28,30-31H,1,20-21,24-25H2,2-13H3,(H,40,44)/t30-,31-/m0/s1. The van der Waals surface area contributed by atoms with E-state index in [1.807, 2.05) is 6.07 Å². The number of hydrogen-bond donors (Lipinski definition) is 1. The van der Waals surface area contributed by atoms with E-state index in [0.717, 1.165) is 0 Å². The first kappa shape index (κ1) is 41.8. The lowest BCUT2D eigenvalue weighted by Crippen LogP contribution is -2.50. The van der Waals surface area contributed by atoms with Gasteiger partial charge in [-0.2, -0.15) is 0 Å². The van der Waals surface area contributed by atoms with Crippen LogP contribution in [0.25, 0.3) is 0 Å².